The maximum atomic E-state index is 4.07. The molecule has 16 heavy (non-hydrogen) atoms. The predicted octanol–water partition coefficient (Wildman–Crippen LogP) is 2.84. The first-order valence-electron chi connectivity index (χ1n) is 5.20. The van der Waals surface area contributed by atoms with Gasteiger partial charge < -0.3 is 0 Å². The molecule has 0 aliphatic heterocycles. The number of halogens is 1. The number of alkyl halides is 1. The monoisotopic (exact) mass is 279 g/mol. The van der Waals surface area contributed by atoms with E-state index in [0.29, 0.717) is 0 Å². The molecule has 0 N–H and O–H groups in total. The van der Waals surface area contributed by atoms with Gasteiger partial charge in [-0.1, -0.05) is 39.3 Å². The molecule has 2 aromatic rings. The molecule has 2 rings (SSSR count). The van der Waals surface area contributed by atoms with Gasteiger partial charge in [0.1, 0.15) is 0 Å². The van der Waals surface area contributed by atoms with E-state index in [1.807, 2.05) is 10.9 Å². The van der Waals surface area contributed by atoms with Crippen LogP contribution in [0.3, 0.4) is 0 Å². The van der Waals surface area contributed by atoms with E-state index >= 15 is 0 Å². The molecule has 0 saturated heterocycles. The maximum Gasteiger partial charge on any atom is 0.0932 e. The molecule has 0 saturated carbocycles. The number of aryl methyl sites for hydroxylation is 2. The summed E-state index contributed by atoms with van der Waals surface area (Å²) >= 11 is 3.36. The molecule has 4 heteroatoms. The minimum absolute atomic E-state index is 0.750. The molecule has 0 spiro atoms. The van der Waals surface area contributed by atoms with Crippen LogP contribution in [0.4, 0.5) is 0 Å². The molecule has 84 valence electrons. The zero-order valence-electron chi connectivity index (χ0n) is 9.44. The Morgan fingerprint density at radius 1 is 1.25 bits per heavy atom. The molecule has 0 amide bonds. The number of rotatable bonds is 3. The van der Waals surface area contributed by atoms with E-state index in [0.717, 1.165) is 17.6 Å². The summed E-state index contributed by atoms with van der Waals surface area (Å²) < 4.78 is 1.86. The number of aromatic nitrogens is 3. The van der Waals surface area contributed by atoms with Crippen molar-refractivity contribution in [2.45, 2.75) is 25.7 Å². The molecule has 0 aliphatic rings. The van der Waals surface area contributed by atoms with Crippen molar-refractivity contribution in [3.8, 4) is 0 Å². The van der Waals surface area contributed by atoms with Crippen LogP contribution in [0.15, 0.2) is 24.4 Å². The van der Waals surface area contributed by atoms with Crippen molar-refractivity contribution < 1.29 is 0 Å². The number of benzene rings is 1. The van der Waals surface area contributed by atoms with Gasteiger partial charge in [0.2, 0.25) is 0 Å². The Bertz CT molecular complexity index is 491. The quantitative estimate of drug-likeness (QED) is 0.809. The van der Waals surface area contributed by atoms with E-state index in [1.54, 1.807) is 0 Å². The molecule has 0 bridgehead atoms. The Labute approximate surface area is 104 Å². The Hall–Kier alpha value is -1.16. The van der Waals surface area contributed by atoms with Crippen LogP contribution in [-0.2, 0) is 11.9 Å². The van der Waals surface area contributed by atoms with Gasteiger partial charge in [-0.3, -0.25) is 0 Å². The van der Waals surface area contributed by atoms with Gasteiger partial charge in [-0.15, -0.1) is 5.10 Å². The summed E-state index contributed by atoms with van der Waals surface area (Å²) in [6.07, 6.45) is 1.96. The highest BCUT2D eigenvalue weighted by atomic mass is 79.9. The first kappa shape index (κ1) is 11.3. The minimum atomic E-state index is 0.750. The molecule has 1 heterocycles. The highest BCUT2D eigenvalue weighted by Crippen LogP contribution is 2.11. The van der Waals surface area contributed by atoms with Gasteiger partial charge in [-0.2, -0.15) is 0 Å². The third kappa shape index (κ3) is 2.50. The third-order valence-electron chi connectivity index (χ3n) is 2.64. The van der Waals surface area contributed by atoms with Crippen molar-refractivity contribution in [3.63, 3.8) is 0 Å². The lowest BCUT2D eigenvalue weighted by Crippen LogP contribution is -2.01. The maximum absolute atomic E-state index is 4.07. The van der Waals surface area contributed by atoms with Crippen molar-refractivity contribution in [1.82, 2.24) is 15.0 Å². The van der Waals surface area contributed by atoms with E-state index < -0.39 is 0 Å². The predicted molar refractivity (Wildman–Crippen MR) is 67.7 cm³/mol. The largest absolute Gasteiger partial charge is 0.248 e. The second-order valence-corrected chi connectivity index (χ2v) is 4.52. The Morgan fingerprint density at radius 3 is 2.69 bits per heavy atom. The smallest absolute Gasteiger partial charge is 0.0932 e. The molecule has 1 aromatic carbocycles. The summed E-state index contributed by atoms with van der Waals surface area (Å²) in [5, 5.41) is 8.86. The molecule has 0 fully saturated rings. The van der Waals surface area contributed by atoms with Crippen molar-refractivity contribution in [2.75, 3.05) is 0 Å². The van der Waals surface area contributed by atoms with Gasteiger partial charge in [-0.25, -0.2) is 4.68 Å². The average Bonchev–Trinajstić information content (AvgIpc) is 2.71. The van der Waals surface area contributed by atoms with Crippen molar-refractivity contribution in [3.05, 3.63) is 46.8 Å². The van der Waals surface area contributed by atoms with Crippen molar-refractivity contribution in [2.24, 2.45) is 0 Å². The van der Waals surface area contributed by atoms with Crippen molar-refractivity contribution in [1.29, 1.82) is 0 Å². The fourth-order valence-electron chi connectivity index (χ4n) is 1.57. The van der Waals surface area contributed by atoms with Gasteiger partial charge >= 0.3 is 0 Å². The topological polar surface area (TPSA) is 30.7 Å². The molecule has 0 unspecified atom stereocenters. The fourth-order valence-corrected chi connectivity index (χ4v) is 1.82. The van der Waals surface area contributed by atoms with E-state index in [2.05, 4.69) is 58.3 Å². The zero-order valence-corrected chi connectivity index (χ0v) is 11.0. The van der Waals surface area contributed by atoms with E-state index in [-0.39, 0.29) is 0 Å². The van der Waals surface area contributed by atoms with E-state index in [1.165, 1.54) is 16.7 Å². The molecule has 0 radical (unpaired) electrons. The van der Waals surface area contributed by atoms with Crippen LogP contribution in [0.5, 0.6) is 0 Å². The van der Waals surface area contributed by atoms with Crippen molar-refractivity contribution >= 4 is 15.9 Å². The molecular weight excluding hydrogens is 266 g/mol. The highest BCUT2D eigenvalue weighted by molar-refractivity contribution is 9.08. The summed E-state index contributed by atoms with van der Waals surface area (Å²) in [6, 6.07) is 6.48. The first-order valence-corrected chi connectivity index (χ1v) is 6.32. The fraction of sp³-hybridized carbons (Fsp3) is 0.333. The van der Waals surface area contributed by atoms with E-state index in [9.17, 15) is 0 Å². The van der Waals surface area contributed by atoms with Crippen LogP contribution in [0, 0.1) is 13.8 Å². The highest BCUT2D eigenvalue weighted by Gasteiger charge is 2.01. The summed E-state index contributed by atoms with van der Waals surface area (Å²) in [7, 11) is 0. The van der Waals surface area contributed by atoms with Crippen LogP contribution in [-0.4, -0.2) is 15.0 Å². The normalized spacial score (nSPS) is 10.7. The van der Waals surface area contributed by atoms with Gasteiger partial charge in [0, 0.05) is 11.5 Å². The van der Waals surface area contributed by atoms with Gasteiger partial charge in [0.05, 0.1) is 12.2 Å². The second kappa shape index (κ2) is 4.78. The van der Waals surface area contributed by atoms with Gasteiger partial charge in [0.25, 0.3) is 0 Å². The Balaban J connectivity index is 2.17. The molecule has 1 aromatic heterocycles. The standard InChI is InChI=1S/C12H14BrN3/c1-9-3-4-11(5-10(9)2)7-16-8-12(6-13)14-15-16/h3-5,8H,6-7H2,1-2H3. The minimum Gasteiger partial charge on any atom is -0.248 e. The molecule has 3 nitrogen and oxygen atoms in total. The van der Waals surface area contributed by atoms with Crippen LogP contribution in [0.25, 0.3) is 0 Å². The lowest BCUT2D eigenvalue weighted by atomic mass is 10.1. The van der Waals surface area contributed by atoms with Crippen LogP contribution in [0.2, 0.25) is 0 Å². The Kier molecular flexibility index (Phi) is 3.39. The number of hydrogen-bond donors (Lipinski definition) is 0. The molecule has 0 aliphatic carbocycles. The lowest BCUT2D eigenvalue weighted by molar-refractivity contribution is 0.649. The van der Waals surface area contributed by atoms with Crippen LogP contribution in [0.1, 0.15) is 22.4 Å². The zero-order chi connectivity index (χ0) is 11.5. The van der Waals surface area contributed by atoms with E-state index in [4.69, 9.17) is 0 Å². The first-order chi connectivity index (χ1) is 7.69. The second-order valence-electron chi connectivity index (χ2n) is 3.96. The number of nitrogens with zero attached hydrogens (tertiary/aromatic N) is 3. The summed E-state index contributed by atoms with van der Waals surface area (Å²) in [5.74, 6) is 0. The van der Waals surface area contributed by atoms with Gasteiger partial charge in [0.15, 0.2) is 0 Å². The SMILES string of the molecule is Cc1ccc(Cn2cc(CBr)nn2)cc1C. The summed E-state index contributed by atoms with van der Waals surface area (Å²) in [4.78, 5) is 0. The lowest BCUT2D eigenvalue weighted by Gasteiger charge is -2.04. The third-order valence-corrected chi connectivity index (χ3v) is 3.21. The molecular formula is C12H14BrN3. The number of hydrogen-bond acceptors (Lipinski definition) is 2. The summed E-state index contributed by atoms with van der Waals surface area (Å²) in [6.45, 7) is 5.03. The average molecular weight is 280 g/mol. The van der Waals surface area contributed by atoms with Gasteiger partial charge in [-0.05, 0) is 30.5 Å². The van der Waals surface area contributed by atoms with Crippen LogP contribution < -0.4 is 0 Å². The summed E-state index contributed by atoms with van der Waals surface area (Å²) in [5.41, 5.74) is 4.86. The van der Waals surface area contributed by atoms with Crippen LogP contribution >= 0.6 is 15.9 Å². The Morgan fingerprint density at radius 2 is 2.06 bits per heavy atom. The molecule has 0 atom stereocenters.